The Bertz CT molecular complexity index is 1250. The Hall–Kier alpha value is -3.45. The molecule has 0 saturated heterocycles. The fourth-order valence-corrected chi connectivity index (χ4v) is 4.09. The van der Waals surface area contributed by atoms with Crippen molar-refractivity contribution in [2.24, 2.45) is 0 Å². The van der Waals surface area contributed by atoms with Crippen LogP contribution in [0, 0.1) is 0 Å². The number of carbonyl (C=O) groups is 3. The minimum Gasteiger partial charge on any atom is -0.321 e. The SMILES string of the molecule is CC(C)c1cc(C(=O)Nc2ccc(N3C(=O)c4ccccc4C3=O)c(Cl)c2)nn1C(C)(C)C. The molecule has 33 heavy (non-hydrogen) atoms. The van der Waals surface area contributed by atoms with Crippen LogP contribution < -0.4 is 10.2 Å². The second-order valence-corrected chi connectivity index (χ2v) is 9.71. The number of halogens is 1. The van der Waals surface area contributed by atoms with Crippen molar-refractivity contribution in [2.75, 3.05) is 10.2 Å². The van der Waals surface area contributed by atoms with Gasteiger partial charge >= 0.3 is 0 Å². The van der Waals surface area contributed by atoms with E-state index in [0.29, 0.717) is 22.5 Å². The zero-order valence-electron chi connectivity index (χ0n) is 19.1. The summed E-state index contributed by atoms with van der Waals surface area (Å²) in [6.07, 6.45) is 0. The van der Waals surface area contributed by atoms with Crippen LogP contribution in [0.5, 0.6) is 0 Å². The van der Waals surface area contributed by atoms with E-state index >= 15 is 0 Å². The van der Waals surface area contributed by atoms with E-state index in [1.165, 1.54) is 6.07 Å². The molecule has 0 atom stereocenters. The molecule has 2 heterocycles. The maximum absolute atomic E-state index is 12.9. The Morgan fingerprint density at radius 3 is 2.09 bits per heavy atom. The van der Waals surface area contributed by atoms with Gasteiger partial charge in [-0.25, -0.2) is 4.90 Å². The standard InChI is InChI=1S/C25H25ClN4O3/c1-14(2)21-13-19(28-30(21)25(3,4)5)22(31)27-15-10-11-20(18(26)12-15)29-23(32)16-8-6-7-9-17(16)24(29)33/h6-14H,1-5H3,(H,27,31). The Morgan fingerprint density at radius 1 is 1.00 bits per heavy atom. The molecule has 1 aromatic heterocycles. The van der Waals surface area contributed by atoms with Crippen LogP contribution in [-0.2, 0) is 5.54 Å². The van der Waals surface area contributed by atoms with Crippen molar-refractivity contribution >= 4 is 40.7 Å². The summed E-state index contributed by atoms with van der Waals surface area (Å²) in [7, 11) is 0. The summed E-state index contributed by atoms with van der Waals surface area (Å²) >= 11 is 6.43. The van der Waals surface area contributed by atoms with Crippen molar-refractivity contribution in [1.82, 2.24) is 9.78 Å². The molecule has 0 unspecified atom stereocenters. The second-order valence-electron chi connectivity index (χ2n) is 9.30. The number of anilines is 2. The minimum atomic E-state index is -0.428. The number of nitrogens with zero attached hydrogens (tertiary/aromatic N) is 3. The number of imide groups is 1. The monoisotopic (exact) mass is 464 g/mol. The van der Waals surface area contributed by atoms with Gasteiger partial charge in [0.25, 0.3) is 17.7 Å². The lowest BCUT2D eigenvalue weighted by Gasteiger charge is -2.23. The van der Waals surface area contributed by atoms with Crippen LogP contribution in [0.2, 0.25) is 5.02 Å². The molecule has 0 radical (unpaired) electrons. The molecule has 0 bridgehead atoms. The van der Waals surface area contributed by atoms with Crippen molar-refractivity contribution in [3.05, 3.63) is 76.1 Å². The summed E-state index contributed by atoms with van der Waals surface area (Å²) in [5, 5.41) is 7.49. The number of nitrogens with one attached hydrogen (secondary N) is 1. The van der Waals surface area contributed by atoms with Gasteiger partial charge in [-0.1, -0.05) is 37.6 Å². The fourth-order valence-electron chi connectivity index (χ4n) is 3.82. The predicted molar refractivity (Wildman–Crippen MR) is 128 cm³/mol. The molecule has 8 heteroatoms. The number of carbonyl (C=O) groups excluding carboxylic acids is 3. The highest BCUT2D eigenvalue weighted by Crippen LogP contribution is 2.35. The van der Waals surface area contributed by atoms with E-state index in [1.807, 2.05) is 25.5 Å². The Labute approximate surface area is 197 Å². The number of rotatable bonds is 4. The van der Waals surface area contributed by atoms with E-state index in [-0.39, 0.29) is 28.1 Å². The second kappa shape index (κ2) is 8.15. The van der Waals surface area contributed by atoms with Crippen LogP contribution in [0.4, 0.5) is 11.4 Å². The molecule has 1 N–H and O–H groups in total. The molecule has 2 aromatic carbocycles. The summed E-state index contributed by atoms with van der Waals surface area (Å²) in [4.78, 5) is 39.4. The van der Waals surface area contributed by atoms with Crippen LogP contribution in [0.15, 0.2) is 48.5 Å². The zero-order valence-corrected chi connectivity index (χ0v) is 19.9. The van der Waals surface area contributed by atoms with Gasteiger partial charge < -0.3 is 5.32 Å². The third kappa shape index (κ3) is 4.04. The highest BCUT2D eigenvalue weighted by molar-refractivity contribution is 6.40. The van der Waals surface area contributed by atoms with E-state index in [4.69, 9.17) is 11.6 Å². The lowest BCUT2D eigenvalue weighted by molar-refractivity contribution is 0.0924. The summed E-state index contributed by atoms with van der Waals surface area (Å²) in [6.45, 7) is 10.2. The first-order chi connectivity index (χ1) is 15.5. The van der Waals surface area contributed by atoms with Crippen molar-refractivity contribution in [3.8, 4) is 0 Å². The van der Waals surface area contributed by atoms with Gasteiger partial charge in [0.2, 0.25) is 0 Å². The van der Waals surface area contributed by atoms with Crippen molar-refractivity contribution in [1.29, 1.82) is 0 Å². The van der Waals surface area contributed by atoms with Crippen molar-refractivity contribution in [3.63, 3.8) is 0 Å². The van der Waals surface area contributed by atoms with Gasteiger partial charge in [0.1, 0.15) is 0 Å². The van der Waals surface area contributed by atoms with Crippen LogP contribution in [0.1, 0.15) is 77.4 Å². The highest BCUT2D eigenvalue weighted by atomic mass is 35.5. The van der Waals surface area contributed by atoms with Gasteiger partial charge in [-0.05, 0) is 63.1 Å². The summed E-state index contributed by atoms with van der Waals surface area (Å²) in [5.74, 6) is -1.03. The van der Waals surface area contributed by atoms with Crippen molar-refractivity contribution in [2.45, 2.75) is 46.1 Å². The topological polar surface area (TPSA) is 84.3 Å². The molecule has 1 aliphatic heterocycles. The Kier molecular flexibility index (Phi) is 5.62. The van der Waals surface area contributed by atoms with E-state index in [1.54, 1.807) is 42.5 Å². The molecule has 7 nitrogen and oxygen atoms in total. The molecule has 0 saturated carbocycles. The predicted octanol–water partition coefficient (Wildman–Crippen LogP) is 5.47. The maximum Gasteiger partial charge on any atom is 0.276 e. The number of amides is 3. The zero-order chi connectivity index (χ0) is 24.1. The molecule has 0 fully saturated rings. The van der Waals surface area contributed by atoms with Gasteiger partial charge in [-0.3, -0.25) is 19.1 Å². The number of fused-ring (bicyclic) bond motifs is 1. The third-order valence-electron chi connectivity index (χ3n) is 5.44. The molecule has 4 rings (SSSR count). The number of aromatic nitrogens is 2. The highest BCUT2D eigenvalue weighted by Gasteiger charge is 2.37. The summed E-state index contributed by atoms with van der Waals surface area (Å²) in [6, 6.07) is 13.1. The van der Waals surface area contributed by atoms with E-state index in [9.17, 15) is 14.4 Å². The molecule has 3 aromatic rings. The number of hydrogen-bond acceptors (Lipinski definition) is 4. The van der Waals surface area contributed by atoms with Crippen molar-refractivity contribution < 1.29 is 14.4 Å². The van der Waals surface area contributed by atoms with Crippen LogP contribution in [-0.4, -0.2) is 27.5 Å². The number of hydrogen-bond donors (Lipinski definition) is 1. The molecular formula is C25H25ClN4O3. The molecule has 3 amide bonds. The first kappa shape index (κ1) is 22.7. The van der Waals surface area contributed by atoms with E-state index < -0.39 is 11.8 Å². The van der Waals surface area contributed by atoms with Crippen LogP contribution in [0.3, 0.4) is 0 Å². The van der Waals surface area contributed by atoms with E-state index in [2.05, 4.69) is 24.3 Å². The molecular weight excluding hydrogens is 440 g/mol. The summed E-state index contributed by atoms with van der Waals surface area (Å²) < 4.78 is 1.87. The van der Waals surface area contributed by atoms with E-state index in [0.717, 1.165) is 10.6 Å². The average molecular weight is 465 g/mol. The van der Waals surface area contributed by atoms with Gasteiger partial charge in [0.15, 0.2) is 5.69 Å². The smallest absolute Gasteiger partial charge is 0.276 e. The Morgan fingerprint density at radius 2 is 1.61 bits per heavy atom. The lowest BCUT2D eigenvalue weighted by Crippen LogP contribution is -2.29. The molecule has 0 spiro atoms. The van der Waals surface area contributed by atoms with Gasteiger partial charge in [0.05, 0.1) is 27.4 Å². The maximum atomic E-state index is 12.9. The van der Waals surface area contributed by atoms with Crippen LogP contribution in [0.25, 0.3) is 0 Å². The molecule has 0 aliphatic carbocycles. The van der Waals surface area contributed by atoms with Gasteiger partial charge in [-0.2, -0.15) is 5.10 Å². The molecule has 1 aliphatic rings. The average Bonchev–Trinajstić information content (AvgIpc) is 3.30. The van der Waals surface area contributed by atoms with Crippen LogP contribution >= 0.6 is 11.6 Å². The lowest BCUT2D eigenvalue weighted by atomic mass is 10.1. The normalized spacial score (nSPS) is 13.6. The fraction of sp³-hybridized carbons (Fsp3) is 0.280. The largest absolute Gasteiger partial charge is 0.321 e. The first-order valence-electron chi connectivity index (χ1n) is 10.7. The van der Waals surface area contributed by atoms with Gasteiger partial charge in [0, 0.05) is 11.4 Å². The van der Waals surface area contributed by atoms with Gasteiger partial charge in [-0.15, -0.1) is 0 Å². The first-order valence-corrected chi connectivity index (χ1v) is 11.1. The summed E-state index contributed by atoms with van der Waals surface area (Å²) in [5.41, 5.74) is 2.37. The quantitative estimate of drug-likeness (QED) is 0.519. The Balaban J connectivity index is 1.58. The number of benzene rings is 2. The molecule has 170 valence electrons. The minimum absolute atomic E-state index is 0.172. The third-order valence-corrected chi connectivity index (χ3v) is 5.74.